The first-order valence-corrected chi connectivity index (χ1v) is 9.87. The van der Waals surface area contributed by atoms with Crippen molar-refractivity contribution in [3.05, 3.63) is 45.9 Å². The Kier molecular flexibility index (Phi) is 4.09. The summed E-state index contributed by atoms with van der Waals surface area (Å²) in [6.07, 6.45) is 0. The molecular weight excluding hydrogens is 444 g/mol. The molecule has 2 aromatic rings. The molecule has 0 spiro atoms. The van der Waals surface area contributed by atoms with E-state index in [4.69, 9.17) is 18.9 Å². The van der Waals surface area contributed by atoms with Crippen molar-refractivity contribution in [1.82, 2.24) is 10.2 Å². The number of fused-ring (bicyclic) bond motifs is 2. The fourth-order valence-electron chi connectivity index (χ4n) is 3.64. The summed E-state index contributed by atoms with van der Waals surface area (Å²) in [5.41, 5.74) is 0.173. The van der Waals surface area contributed by atoms with Gasteiger partial charge in [-0.3, -0.25) is 9.69 Å². The van der Waals surface area contributed by atoms with Crippen LogP contribution in [0.2, 0.25) is 0 Å². The van der Waals surface area contributed by atoms with Gasteiger partial charge in [0.1, 0.15) is 18.8 Å². The van der Waals surface area contributed by atoms with Crippen LogP contribution < -0.4 is 24.3 Å². The van der Waals surface area contributed by atoms with Crippen LogP contribution in [0.15, 0.2) is 34.8 Å². The lowest BCUT2D eigenvalue weighted by Crippen LogP contribution is -2.41. The quantitative estimate of drug-likeness (QED) is 0.708. The number of nitrogens with one attached hydrogen (secondary N) is 1. The monoisotopic (exact) mass is 460 g/mol. The van der Waals surface area contributed by atoms with E-state index in [0.717, 1.165) is 10.0 Å². The van der Waals surface area contributed by atoms with Gasteiger partial charge in [0.15, 0.2) is 23.0 Å². The van der Waals surface area contributed by atoms with Crippen LogP contribution >= 0.6 is 15.9 Å². The smallest absolute Gasteiger partial charge is 0.325 e. The Bertz CT molecular complexity index is 1040. The average Bonchev–Trinajstić information content (AvgIpc) is 3.25. The summed E-state index contributed by atoms with van der Waals surface area (Å²) in [4.78, 5) is 27.1. The van der Waals surface area contributed by atoms with Crippen molar-refractivity contribution in [2.75, 3.05) is 20.0 Å². The number of carbonyl (C=O) groups is 2. The van der Waals surface area contributed by atoms with Gasteiger partial charge in [-0.15, -0.1) is 0 Å². The van der Waals surface area contributed by atoms with E-state index in [9.17, 15) is 9.59 Å². The highest BCUT2D eigenvalue weighted by Gasteiger charge is 2.49. The fourth-order valence-corrected chi connectivity index (χ4v) is 4.09. The largest absolute Gasteiger partial charge is 0.486 e. The van der Waals surface area contributed by atoms with Crippen LogP contribution in [0, 0.1) is 0 Å². The fraction of sp³-hybridized carbons (Fsp3) is 0.300. The number of hydrogen-bond acceptors (Lipinski definition) is 6. The molecule has 1 fully saturated rings. The van der Waals surface area contributed by atoms with E-state index in [1.807, 2.05) is 0 Å². The van der Waals surface area contributed by atoms with Gasteiger partial charge in [0.2, 0.25) is 6.79 Å². The summed E-state index contributed by atoms with van der Waals surface area (Å²) in [6, 6.07) is 8.35. The number of rotatable bonds is 3. The molecule has 0 bridgehead atoms. The van der Waals surface area contributed by atoms with E-state index in [1.165, 1.54) is 4.90 Å². The molecule has 3 aliphatic heterocycles. The maximum atomic E-state index is 13.3. The van der Waals surface area contributed by atoms with Crippen LogP contribution in [-0.2, 0) is 16.9 Å². The van der Waals surface area contributed by atoms with E-state index >= 15 is 0 Å². The maximum absolute atomic E-state index is 13.3. The topological polar surface area (TPSA) is 86.3 Å². The number of carbonyl (C=O) groups excluding carboxylic acids is 2. The summed E-state index contributed by atoms with van der Waals surface area (Å²) in [5.74, 6) is 2.06. The van der Waals surface area contributed by atoms with Gasteiger partial charge in [-0.25, -0.2) is 4.79 Å². The number of imide groups is 1. The zero-order valence-corrected chi connectivity index (χ0v) is 17.1. The van der Waals surface area contributed by atoms with Crippen LogP contribution in [0.3, 0.4) is 0 Å². The summed E-state index contributed by atoms with van der Waals surface area (Å²) in [6.45, 7) is 2.86. The van der Waals surface area contributed by atoms with Crippen LogP contribution in [0.25, 0.3) is 0 Å². The molecule has 1 N–H and O–H groups in total. The van der Waals surface area contributed by atoms with E-state index in [-0.39, 0.29) is 19.2 Å². The molecule has 0 saturated carbocycles. The number of nitrogens with zero attached hydrogens (tertiary/aromatic N) is 1. The highest BCUT2D eigenvalue weighted by molar-refractivity contribution is 9.10. The summed E-state index contributed by atoms with van der Waals surface area (Å²) >= 11 is 3.48. The Hall–Kier alpha value is -2.94. The van der Waals surface area contributed by atoms with Crippen molar-refractivity contribution in [3.8, 4) is 23.0 Å². The highest BCUT2D eigenvalue weighted by Crippen LogP contribution is 2.40. The lowest BCUT2D eigenvalue weighted by molar-refractivity contribution is -0.131. The molecule has 5 rings (SSSR count). The molecule has 8 nitrogen and oxygen atoms in total. The van der Waals surface area contributed by atoms with Crippen molar-refractivity contribution in [3.63, 3.8) is 0 Å². The van der Waals surface area contributed by atoms with Gasteiger partial charge in [0, 0.05) is 4.47 Å². The van der Waals surface area contributed by atoms with Gasteiger partial charge >= 0.3 is 6.03 Å². The second kappa shape index (κ2) is 6.55. The normalized spacial score (nSPS) is 22.1. The van der Waals surface area contributed by atoms with Crippen molar-refractivity contribution < 1.29 is 28.5 Å². The molecule has 3 aliphatic rings. The molecule has 1 atom stereocenters. The van der Waals surface area contributed by atoms with Crippen molar-refractivity contribution >= 4 is 27.9 Å². The zero-order valence-electron chi connectivity index (χ0n) is 15.5. The standard InChI is InChI=1S/C20H17BrN2O6/c1-20(12-2-3-14-16(7-12)27-5-4-26-14)18(24)23(19(25)22-20)9-11-6-15-17(8-13(11)21)29-10-28-15/h2-3,6-8H,4-5,9-10H2,1H3,(H,22,25). The first-order valence-electron chi connectivity index (χ1n) is 9.08. The minimum Gasteiger partial charge on any atom is -0.486 e. The average molecular weight is 461 g/mol. The predicted octanol–water partition coefficient (Wildman–Crippen LogP) is 2.92. The van der Waals surface area contributed by atoms with Gasteiger partial charge in [-0.2, -0.15) is 0 Å². The number of amides is 3. The van der Waals surface area contributed by atoms with E-state index < -0.39 is 11.6 Å². The molecule has 3 heterocycles. The van der Waals surface area contributed by atoms with Crippen LogP contribution in [0.4, 0.5) is 4.79 Å². The number of urea groups is 1. The Morgan fingerprint density at radius 3 is 2.48 bits per heavy atom. The van der Waals surface area contributed by atoms with Crippen molar-refractivity contribution in [1.29, 1.82) is 0 Å². The van der Waals surface area contributed by atoms with Crippen molar-refractivity contribution in [2.45, 2.75) is 19.0 Å². The minimum atomic E-state index is -1.20. The summed E-state index contributed by atoms with van der Waals surface area (Å²) < 4.78 is 22.6. The van der Waals surface area contributed by atoms with Crippen LogP contribution in [0.1, 0.15) is 18.1 Å². The second-order valence-electron chi connectivity index (χ2n) is 7.10. The molecule has 1 unspecified atom stereocenters. The molecular formula is C20H17BrN2O6. The van der Waals surface area contributed by atoms with Crippen LogP contribution in [-0.4, -0.2) is 36.8 Å². The number of benzene rings is 2. The molecule has 0 aromatic heterocycles. The molecule has 0 aliphatic carbocycles. The lowest BCUT2D eigenvalue weighted by atomic mass is 9.91. The Balaban J connectivity index is 1.44. The van der Waals surface area contributed by atoms with Gasteiger partial charge in [0.05, 0.1) is 6.54 Å². The van der Waals surface area contributed by atoms with Gasteiger partial charge in [0.25, 0.3) is 5.91 Å². The van der Waals surface area contributed by atoms with E-state index in [2.05, 4.69) is 21.2 Å². The third-order valence-corrected chi connectivity index (χ3v) is 6.00. The maximum Gasteiger partial charge on any atom is 0.325 e. The Morgan fingerprint density at radius 2 is 1.69 bits per heavy atom. The van der Waals surface area contributed by atoms with E-state index in [0.29, 0.717) is 41.8 Å². The number of ether oxygens (including phenoxy) is 4. The van der Waals surface area contributed by atoms with Gasteiger partial charge in [-0.05, 0) is 42.3 Å². The summed E-state index contributed by atoms with van der Waals surface area (Å²) in [5, 5.41) is 2.82. The Morgan fingerprint density at radius 1 is 1.00 bits per heavy atom. The van der Waals surface area contributed by atoms with E-state index in [1.54, 1.807) is 37.3 Å². The minimum absolute atomic E-state index is 0.0992. The third-order valence-electron chi connectivity index (χ3n) is 5.26. The third kappa shape index (κ3) is 2.88. The molecule has 9 heteroatoms. The Labute approximate surface area is 174 Å². The second-order valence-corrected chi connectivity index (χ2v) is 7.96. The zero-order chi connectivity index (χ0) is 20.2. The summed E-state index contributed by atoms with van der Waals surface area (Å²) in [7, 11) is 0. The number of halogens is 1. The predicted molar refractivity (Wildman–Crippen MR) is 104 cm³/mol. The molecule has 2 aromatic carbocycles. The molecule has 1 saturated heterocycles. The molecule has 150 valence electrons. The molecule has 0 radical (unpaired) electrons. The van der Waals surface area contributed by atoms with Gasteiger partial charge < -0.3 is 24.3 Å². The highest BCUT2D eigenvalue weighted by atomic mass is 79.9. The van der Waals surface area contributed by atoms with Crippen molar-refractivity contribution in [2.24, 2.45) is 0 Å². The first-order chi connectivity index (χ1) is 14.0. The SMILES string of the molecule is CC1(c2ccc3c(c2)OCCO3)NC(=O)N(Cc2cc3c(cc2Br)OCO3)C1=O. The van der Waals surface area contributed by atoms with Gasteiger partial charge in [-0.1, -0.05) is 22.0 Å². The number of hydrogen-bond donors (Lipinski definition) is 1. The van der Waals surface area contributed by atoms with Crippen LogP contribution in [0.5, 0.6) is 23.0 Å². The first kappa shape index (κ1) is 18.1. The molecule has 29 heavy (non-hydrogen) atoms. The lowest BCUT2D eigenvalue weighted by Gasteiger charge is -2.25. The molecule has 3 amide bonds.